The van der Waals surface area contributed by atoms with Crippen LogP contribution >= 0.6 is 0 Å². The average Bonchev–Trinajstić information content (AvgIpc) is 3.22. The van der Waals surface area contributed by atoms with Crippen LogP contribution in [0, 0.1) is 0 Å². The van der Waals surface area contributed by atoms with Crippen LogP contribution in [0.5, 0.6) is 5.75 Å². The maximum atomic E-state index is 13.1. The van der Waals surface area contributed by atoms with Crippen LogP contribution in [0.4, 0.5) is 11.4 Å². The normalized spacial score (nSPS) is 11.1. The van der Waals surface area contributed by atoms with Gasteiger partial charge >= 0.3 is 0 Å². The molecule has 2 aromatic heterocycles. The van der Waals surface area contributed by atoms with Crippen LogP contribution in [-0.2, 0) is 15.1 Å². The van der Waals surface area contributed by atoms with Crippen LogP contribution in [0.25, 0.3) is 11.5 Å². The predicted octanol–water partition coefficient (Wildman–Crippen LogP) is 2.84. The number of ether oxygens (including phenoxy) is 1. The molecule has 30 heavy (non-hydrogen) atoms. The summed E-state index contributed by atoms with van der Waals surface area (Å²) in [5, 5.41) is 9.72. The van der Waals surface area contributed by atoms with E-state index in [-0.39, 0.29) is 5.91 Å². The number of amides is 2. The fourth-order valence-electron chi connectivity index (χ4n) is 2.83. The second-order valence-corrected chi connectivity index (χ2v) is 7.06. The summed E-state index contributed by atoms with van der Waals surface area (Å²) in [5.74, 6) is 0.137. The van der Waals surface area contributed by atoms with Gasteiger partial charge in [-0.2, -0.15) is 5.10 Å². The van der Waals surface area contributed by atoms with Crippen molar-refractivity contribution in [1.82, 2.24) is 9.78 Å². The van der Waals surface area contributed by atoms with Gasteiger partial charge in [-0.3, -0.25) is 14.4 Å². The smallest absolute Gasteiger partial charge is 0.267 e. The van der Waals surface area contributed by atoms with E-state index in [2.05, 4.69) is 15.7 Å². The highest BCUT2D eigenvalue weighted by molar-refractivity contribution is 5.98. The first-order valence-corrected chi connectivity index (χ1v) is 9.14. The molecular formula is C21H22N4O5. The summed E-state index contributed by atoms with van der Waals surface area (Å²) in [4.78, 5) is 36.9. The molecule has 0 aliphatic carbocycles. The summed E-state index contributed by atoms with van der Waals surface area (Å²) in [6.07, 6.45) is 1.50. The molecule has 1 aromatic carbocycles. The number of hydrogen-bond acceptors (Lipinski definition) is 6. The van der Waals surface area contributed by atoms with Crippen molar-refractivity contribution in [3.05, 3.63) is 59.1 Å². The Balaban J connectivity index is 1.94. The van der Waals surface area contributed by atoms with Crippen molar-refractivity contribution in [3.8, 4) is 17.2 Å². The fourth-order valence-corrected chi connectivity index (χ4v) is 2.83. The number of furan rings is 1. The van der Waals surface area contributed by atoms with E-state index in [0.717, 1.165) is 4.68 Å². The number of methoxy groups -OCH3 is 1. The van der Waals surface area contributed by atoms with Gasteiger partial charge in [-0.25, -0.2) is 4.68 Å². The van der Waals surface area contributed by atoms with E-state index in [1.807, 2.05) is 0 Å². The zero-order valence-corrected chi connectivity index (χ0v) is 17.1. The van der Waals surface area contributed by atoms with Crippen molar-refractivity contribution in [1.29, 1.82) is 0 Å². The van der Waals surface area contributed by atoms with Crippen molar-refractivity contribution in [3.63, 3.8) is 0 Å². The molecule has 0 aliphatic heterocycles. The predicted molar refractivity (Wildman–Crippen MR) is 111 cm³/mol. The molecule has 0 unspecified atom stereocenters. The summed E-state index contributed by atoms with van der Waals surface area (Å²) >= 11 is 0. The summed E-state index contributed by atoms with van der Waals surface area (Å²) in [5.41, 5.74) is -0.520. The average molecular weight is 410 g/mol. The summed E-state index contributed by atoms with van der Waals surface area (Å²) in [6, 6.07) is 11.1. The Labute approximate surface area is 172 Å². The molecule has 0 spiro atoms. The van der Waals surface area contributed by atoms with Crippen molar-refractivity contribution in [2.45, 2.75) is 26.3 Å². The molecule has 0 atom stereocenters. The number of nitrogens with one attached hydrogen (secondary N) is 2. The topological polar surface area (TPSA) is 115 Å². The number of rotatable bonds is 6. The number of benzene rings is 1. The second kappa shape index (κ2) is 8.24. The molecular weight excluding hydrogens is 388 g/mol. The first-order valence-electron chi connectivity index (χ1n) is 9.14. The largest absolute Gasteiger partial charge is 0.495 e. The molecule has 0 bridgehead atoms. The van der Waals surface area contributed by atoms with Gasteiger partial charge in [0.2, 0.25) is 5.91 Å². The van der Waals surface area contributed by atoms with Gasteiger partial charge in [-0.05, 0) is 50.2 Å². The molecule has 3 aromatic rings. The molecule has 2 amide bonds. The molecule has 0 saturated heterocycles. The lowest BCUT2D eigenvalue weighted by atomic mass is 10.0. The zero-order valence-electron chi connectivity index (χ0n) is 17.1. The van der Waals surface area contributed by atoms with E-state index in [4.69, 9.17) is 9.15 Å². The molecule has 0 aliphatic rings. The minimum atomic E-state index is -1.34. The van der Waals surface area contributed by atoms with E-state index < -0.39 is 17.0 Å². The maximum Gasteiger partial charge on any atom is 0.267 e. The standard InChI is InChI=1S/C21H22N4O5/c1-13(26)22-14-7-9-17(29-4)16(12-14)23-20(28)21(2,3)25-19(27)10-8-15(24-25)18-6-5-11-30-18/h5-12H,1-4H3,(H,22,26)(H,23,28). The molecule has 0 radical (unpaired) electrons. The summed E-state index contributed by atoms with van der Waals surface area (Å²) in [6.45, 7) is 4.54. The lowest BCUT2D eigenvalue weighted by molar-refractivity contribution is -0.123. The number of carbonyl (C=O) groups excluding carboxylic acids is 2. The lowest BCUT2D eigenvalue weighted by Crippen LogP contribution is -2.47. The second-order valence-electron chi connectivity index (χ2n) is 7.06. The van der Waals surface area contributed by atoms with Crippen LogP contribution in [0.1, 0.15) is 20.8 Å². The van der Waals surface area contributed by atoms with Gasteiger partial charge in [0.1, 0.15) is 17.0 Å². The van der Waals surface area contributed by atoms with E-state index in [1.165, 1.54) is 32.4 Å². The molecule has 0 saturated carbocycles. The molecule has 9 nitrogen and oxygen atoms in total. The van der Waals surface area contributed by atoms with E-state index in [0.29, 0.717) is 28.6 Å². The van der Waals surface area contributed by atoms with Crippen molar-refractivity contribution < 1.29 is 18.7 Å². The third-order valence-electron chi connectivity index (χ3n) is 4.43. The van der Waals surface area contributed by atoms with Crippen LogP contribution in [0.15, 0.2) is 57.9 Å². The Morgan fingerprint density at radius 3 is 2.53 bits per heavy atom. The Bertz CT molecular complexity index is 1130. The number of nitrogens with zero attached hydrogens (tertiary/aromatic N) is 2. The van der Waals surface area contributed by atoms with Gasteiger partial charge in [0.15, 0.2) is 5.76 Å². The molecule has 2 N–H and O–H groups in total. The summed E-state index contributed by atoms with van der Waals surface area (Å²) in [7, 11) is 1.47. The highest BCUT2D eigenvalue weighted by atomic mass is 16.5. The maximum absolute atomic E-state index is 13.1. The third kappa shape index (κ3) is 4.24. The Morgan fingerprint density at radius 2 is 1.90 bits per heavy atom. The van der Waals surface area contributed by atoms with Crippen molar-refractivity contribution in [2.24, 2.45) is 0 Å². The van der Waals surface area contributed by atoms with Gasteiger partial charge in [-0.15, -0.1) is 0 Å². The zero-order chi connectivity index (χ0) is 21.9. The minimum absolute atomic E-state index is 0.247. The van der Waals surface area contributed by atoms with Crippen molar-refractivity contribution in [2.75, 3.05) is 17.7 Å². The van der Waals surface area contributed by atoms with Crippen LogP contribution in [-0.4, -0.2) is 28.7 Å². The van der Waals surface area contributed by atoms with Crippen LogP contribution in [0.3, 0.4) is 0 Å². The third-order valence-corrected chi connectivity index (χ3v) is 4.43. The van der Waals surface area contributed by atoms with Gasteiger partial charge in [0.05, 0.1) is 19.1 Å². The number of hydrogen-bond donors (Lipinski definition) is 2. The Kier molecular flexibility index (Phi) is 5.72. The Hall–Kier alpha value is -3.88. The molecule has 9 heteroatoms. The number of aromatic nitrogens is 2. The van der Waals surface area contributed by atoms with Gasteiger partial charge < -0.3 is 19.8 Å². The molecule has 156 valence electrons. The number of anilines is 2. The SMILES string of the molecule is COc1ccc(NC(C)=O)cc1NC(=O)C(C)(C)n1nc(-c2ccco2)ccc1=O. The first-order chi connectivity index (χ1) is 14.2. The van der Waals surface area contributed by atoms with Crippen LogP contribution < -0.4 is 20.9 Å². The first kappa shape index (κ1) is 20.8. The van der Waals surface area contributed by atoms with Gasteiger partial charge in [0, 0.05) is 18.7 Å². The van der Waals surface area contributed by atoms with Crippen molar-refractivity contribution >= 4 is 23.2 Å². The minimum Gasteiger partial charge on any atom is -0.495 e. The summed E-state index contributed by atoms with van der Waals surface area (Å²) < 4.78 is 11.7. The van der Waals surface area contributed by atoms with Gasteiger partial charge in [0.25, 0.3) is 11.5 Å². The van der Waals surface area contributed by atoms with E-state index in [9.17, 15) is 14.4 Å². The monoisotopic (exact) mass is 410 g/mol. The van der Waals surface area contributed by atoms with Gasteiger partial charge in [-0.1, -0.05) is 0 Å². The molecule has 0 fully saturated rings. The fraction of sp³-hybridized carbons (Fsp3) is 0.238. The van der Waals surface area contributed by atoms with E-state index in [1.54, 1.807) is 44.2 Å². The van der Waals surface area contributed by atoms with Crippen LogP contribution in [0.2, 0.25) is 0 Å². The molecule has 3 rings (SSSR count). The van der Waals surface area contributed by atoms with E-state index >= 15 is 0 Å². The highest BCUT2D eigenvalue weighted by Gasteiger charge is 2.33. The highest BCUT2D eigenvalue weighted by Crippen LogP contribution is 2.29. The number of carbonyl (C=O) groups is 2. The lowest BCUT2D eigenvalue weighted by Gasteiger charge is -2.25. The Morgan fingerprint density at radius 1 is 1.13 bits per heavy atom. The quantitative estimate of drug-likeness (QED) is 0.646. The molecule has 2 heterocycles.